The van der Waals surface area contributed by atoms with Crippen LogP contribution >= 0.6 is 11.3 Å². The molecule has 5 rings (SSSR count). The van der Waals surface area contributed by atoms with E-state index in [0.717, 1.165) is 38.5 Å². The molecule has 5 aromatic rings. The summed E-state index contributed by atoms with van der Waals surface area (Å²) in [6, 6.07) is 20.2. The Balaban J connectivity index is 1.73. The van der Waals surface area contributed by atoms with Gasteiger partial charge in [0.15, 0.2) is 0 Å². The molecule has 0 radical (unpaired) electrons. The monoisotopic (exact) mass is 354 g/mol. The summed E-state index contributed by atoms with van der Waals surface area (Å²) in [4.78, 5) is 17.1. The number of rotatable bonds is 3. The minimum atomic E-state index is 0.821. The maximum Gasteiger partial charge on any atom is 0.141 e. The van der Waals surface area contributed by atoms with E-state index in [2.05, 4.69) is 22.1 Å². The van der Waals surface area contributed by atoms with Crippen LogP contribution < -0.4 is 0 Å². The van der Waals surface area contributed by atoms with Crippen molar-refractivity contribution in [3.05, 3.63) is 89.5 Å². The lowest BCUT2D eigenvalue weighted by molar-refractivity contribution is 1.25. The van der Waals surface area contributed by atoms with E-state index in [4.69, 9.17) is 9.97 Å². The number of fused-ring (bicyclic) bond motifs is 2. The van der Waals surface area contributed by atoms with Crippen molar-refractivity contribution in [1.82, 2.24) is 19.9 Å². The smallest absolute Gasteiger partial charge is 0.141 e. The van der Waals surface area contributed by atoms with Crippen LogP contribution in [0.4, 0.5) is 0 Å². The number of hydrogen-bond acceptors (Lipinski definition) is 4. The fraction of sp³-hybridized carbons (Fsp3) is 0. The molecule has 26 heavy (non-hydrogen) atoms. The highest BCUT2D eigenvalue weighted by Gasteiger charge is 2.15. The SMILES string of the molecule is C(=C(/c1nc2ccccc2[nH]1)c1nc2ccccc2s1)/c1ccncc1. The third-order valence-corrected chi connectivity index (χ3v) is 5.26. The molecule has 0 saturated heterocycles. The van der Waals surface area contributed by atoms with Crippen LogP contribution in [0.3, 0.4) is 0 Å². The average molecular weight is 354 g/mol. The molecular weight excluding hydrogens is 340 g/mol. The van der Waals surface area contributed by atoms with E-state index in [-0.39, 0.29) is 0 Å². The number of hydrogen-bond donors (Lipinski definition) is 1. The standard InChI is InChI=1S/C21H14N4S/c1-2-6-17-16(5-1)23-20(24-17)15(13-14-9-11-22-12-10-14)21-25-18-7-3-4-8-19(18)26-21/h1-13H,(H,23,24)/b15-13+. The number of pyridine rings is 1. The number of H-pyrrole nitrogens is 1. The van der Waals surface area contributed by atoms with Crippen LogP contribution in [0.25, 0.3) is 32.9 Å². The van der Waals surface area contributed by atoms with Gasteiger partial charge in [-0.2, -0.15) is 0 Å². The van der Waals surface area contributed by atoms with Gasteiger partial charge in [-0.3, -0.25) is 4.98 Å². The van der Waals surface area contributed by atoms with Gasteiger partial charge in [0, 0.05) is 12.4 Å². The number of imidazole rings is 1. The van der Waals surface area contributed by atoms with Gasteiger partial charge in [0.2, 0.25) is 0 Å². The topological polar surface area (TPSA) is 54.5 Å². The maximum absolute atomic E-state index is 4.83. The number of thiazole rings is 1. The second-order valence-electron chi connectivity index (χ2n) is 5.93. The Bertz CT molecular complexity index is 1090. The fourth-order valence-electron chi connectivity index (χ4n) is 2.93. The van der Waals surface area contributed by atoms with Gasteiger partial charge in [-0.05, 0) is 48.0 Å². The molecule has 0 aliphatic heterocycles. The van der Waals surface area contributed by atoms with Gasteiger partial charge in [-0.15, -0.1) is 11.3 Å². The van der Waals surface area contributed by atoms with Crippen LogP contribution in [0, 0.1) is 0 Å². The Morgan fingerprint density at radius 3 is 2.42 bits per heavy atom. The molecule has 0 unspecified atom stereocenters. The van der Waals surface area contributed by atoms with Gasteiger partial charge in [-0.1, -0.05) is 24.3 Å². The first kappa shape index (κ1) is 15.0. The lowest BCUT2D eigenvalue weighted by Gasteiger charge is -2.01. The third kappa shape index (κ3) is 2.68. The molecule has 4 nitrogen and oxygen atoms in total. The van der Waals surface area contributed by atoms with Crippen LogP contribution in [-0.4, -0.2) is 19.9 Å². The summed E-state index contributed by atoms with van der Waals surface area (Å²) in [5, 5.41) is 0.946. The molecule has 0 amide bonds. The molecule has 5 heteroatoms. The Hall–Kier alpha value is -3.31. The lowest BCUT2D eigenvalue weighted by atomic mass is 10.1. The van der Waals surface area contributed by atoms with Crippen LogP contribution in [0.2, 0.25) is 0 Å². The zero-order valence-corrected chi connectivity index (χ0v) is 14.6. The number of nitrogens with zero attached hydrogens (tertiary/aromatic N) is 3. The lowest BCUT2D eigenvalue weighted by Crippen LogP contribution is -1.90. The third-order valence-electron chi connectivity index (χ3n) is 4.19. The van der Waals surface area contributed by atoms with Crippen LogP contribution in [-0.2, 0) is 0 Å². The van der Waals surface area contributed by atoms with Crippen molar-refractivity contribution in [2.75, 3.05) is 0 Å². The van der Waals surface area contributed by atoms with Crippen LogP contribution in [0.5, 0.6) is 0 Å². The summed E-state index contributed by atoms with van der Waals surface area (Å²) in [6.45, 7) is 0. The van der Waals surface area contributed by atoms with Crippen molar-refractivity contribution < 1.29 is 0 Å². The van der Waals surface area contributed by atoms with Crippen LogP contribution in [0.15, 0.2) is 73.1 Å². The summed E-state index contributed by atoms with van der Waals surface area (Å²) >= 11 is 1.67. The summed E-state index contributed by atoms with van der Waals surface area (Å²) in [7, 11) is 0. The molecule has 1 N–H and O–H groups in total. The number of nitrogens with one attached hydrogen (secondary N) is 1. The van der Waals surface area contributed by atoms with E-state index in [9.17, 15) is 0 Å². The highest BCUT2D eigenvalue weighted by atomic mass is 32.1. The van der Waals surface area contributed by atoms with Crippen LogP contribution in [0.1, 0.15) is 16.4 Å². The van der Waals surface area contributed by atoms with Crippen molar-refractivity contribution >= 4 is 44.2 Å². The highest BCUT2D eigenvalue weighted by molar-refractivity contribution is 7.19. The molecule has 124 valence electrons. The van der Waals surface area contributed by atoms with Crippen molar-refractivity contribution in [3.63, 3.8) is 0 Å². The van der Waals surface area contributed by atoms with E-state index < -0.39 is 0 Å². The average Bonchev–Trinajstić information content (AvgIpc) is 3.30. The van der Waals surface area contributed by atoms with Crippen molar-refractivity contribution in [2.45, 2.75) is 0 Å². The summed E-state index contributed by atoms with van der Waals surface area (Å²) in [5.74, 6) is 0.821. The van der Waals surface area contributed by atoms with Gasteiger partial charge in [0.25, 0.3) is 0 Å². The first-order valence-corrected chi connectivity index (χ1v) is 9.11. The number of aromatic amines is 1. The molecule has 3 aromatic heterocycles. The predicted molar refractivity (Wildman–Crippen MR) is 107 cm³/mol. The van der Waals surface area contributed by atoms with E-state index in [0.29, 0.717) is 0 Å². The van der Waals surface area contributed by atoms with E-state index >= 15 is 0 Å². The molecule has 0 bridgehead atoms. The van der Waals surface area contributed by atoms with E-state index in [1.165, 1.54) is 4.70 Å². The zero-order valence-electron chi connectivity index (χ0n) is 13.8. The molecule has 0 aliphatic carbocycles. The zero-order chi connectivity index (χ0) is 17.3. The molecule has 0 atom stereocenters. The van der Waals surface area contributed by atoms with Crippen molar-refractivity contribution in [2.24, 2.45) is 0 Å². The Labute approximate surface area is 153 Å². The molecule has 0 aliphatic rings. The number of para-hydroxylation sites is 3. The van der Waals surface area contributed by atoms with Gasteiger partial charge in [-0.25, -0.2) is 9.97 Å². The second-order valence-corrected chi connectivity index (χ2v) is 6.96. The van der Waals surface area contributed by atoms with Gasteiger partial charge < -0.3 is 4.98 Å². The van der Waals surface area contributed by atoms with Gasteiger partial charge in [0.05, 0.1) is 26.8 Å². The molecule has 0 spiro atoms. The Kier molecular flexibility index (Phi) is 3.57. The molecule has 3 heterocycles. The quantitative estimate of drug-likeness (QED) is 0.487. The summed E-state index contributed by atoms with van der Waals surface area (Å²) in [6.07, 6.45) is 5.69. The minimum absolute atomic E-state index is 0.821. The van der Waals surface area contributed by atoms with E-state index in [1.54, 1.807) is 23.7 Å². The Morgan fingerprint density at radius 1 is 0.846 bits per heavy atom. The van der Waals surface area contributed by atoms with Gasteiger partial charge in [0.1, 0.15) is 10.8 Å². The molecule has 2 aromatic carbocycles. The first-order valence-electron chi connectivity index (χ1n) is 8.30. The maximum atomic E-state index is 4.83. The van der Waals surface area contributed by atoms with Gasteiger partial charge >= 0.3 is 0 Å². The summed E-state index contributed by atoms with van der Waals surface area (Å²) in [5.41, 5.74) is 5.01. The molecular formula is C21H14N4S. The predicted octanol–water partition coefficient (Wildman–Crippen LogP) is 5.16. The molecule has 0 saturated carbocycles. The van der Waals surface area contributed by atoms with E-state index in [1.807, 2.05) is 54.6 Å². The fourth-order valence-corrected chi connectivity index (χ4v) is 3.91. The number of aromatic nitrogens is 4. The first-order chi connectivity index (χ1) is 12.9. The van der Waals surface area contributed by atoms with Crippen molar-refractivity contribution in [3.8, 4) is 0 Å². The molecule has 0 fully saturated rings. The minimum Gasteiger partial charge on any atom is -0.338 e. The number of benzene rings is 2. The largest absolute Gasteiger partial charge is 0.338 e. The normalized spacial score (nSPS) is 12.1. The second kappa shape index (κ2) is 6.20. The summed E-state index contributed by atoms with van der Waals surface area (Å²) < 4.78 is 1.17. The Morgan fingerprint density at radius 2 is 1.62 bits per heavy atom. The van der Waals surface area contributed by atoms with Crippen molar-refractivity contribution in [1.29, 1.82) is 0 Å². The highest BCUT2D eigenvalue weighted by Crippen LogP contribution is 2.32.